The maximum Gasteiger partial charge on any atom is 0.314 e. The quantitative estimate of drug-likeness (QED) is 0.837. The number of halogens is 1. The van der Waals surface area contributed by atoms with E-state index in [9.17, 15) is 4.79 Å². The van der Waals surface area contributed by atoms with E-state index in [2.05, 4.69) is 29.4 Å². The van der Waals surface area contributed by atoms with E-state index in [1.165, 1.54) is 0 Å². The van der Waals surface area contributed by atoms with Gasteiger partial charge < -0.3 is 15.4 Å². The molecule has 0 radical (unpaired) electrons. The summed E-state index contributed by atoms with van der Waals surface area (Å²) in [6.07, 6.45) is 0. The van der Waals surface area contributed by atoms with Crippen LogP contribution in [-0.2, 0) is 4.74 Å². The van der Waals surface area contributed by atoms with Crippen LogP contribution in [0, 0.1) is 5.92 Å². The van der Waals surface area contributed by atoms with E-state index < -0.39 is 0 Å². The predicted octanol–water partition coefficient (Wildman–Crippen LogP) is 2.67. The normalized spacial score (nSPS) is 17.0. The summed E-state index contributed by atoms with van der Waals surface area (Å²) in [6, 6.07) is 7.74. The Hall–Kier alpha value is -1.30. The second-order valence-electron chi connectivity index (χ2n) is 6.17. The fourth-order valence-corrected chi connectivity index (χ4v) is 2.88. The first-order chi connectivity index (χ1) is 11.1. The average Bonchev–Trinajstić information content (AvgIpc) is 2.55. The number of ether oxygens (including phenoxy) is 1. The summed E-state index contributed by atoms with van der Waals surface area (Å²) in [5, 5.41) is 6.58. The second kappa shape index (κ2) is 9.11. The summed E-state index contributed by atoms with van der Waals surface area (Å²) in [7, 11) is 0. The van der Waals surface area contributed by atoms with Crippen molar-refractivity contribution in [2.75, 3.05) is 39.4 Å². The highest BCUT2D eigenvalue weighted by Gasteiger charge is 2.24. The molecule has 1 aromatic carbocycles. The standard InChI is InChI=1S/C17H26ClN3O2/c1-13(2)11-19-17(22)20-12-16(21-7-9-23-10-8-21)14-5-3-4-6-15(14)18/h3-6,13,16H,7-12H2,1-2H3,(H2,19,20,22). The van der Waals surface area contributed by atoms with Crippen molar-refractivity contribution in [3.8, 4) is 0 Å². The Labute approximate surface area is 143 Å². The summed E-state index contributed by atoms with van der Waals surface area (Å²) in [5.74, 6) is 0.430. The molecule has 1 aliphatic heterocycles. The molecule has 6 heteroatoms. The maximum absolute atomic E-state index is 12.0. The number of hydrogen-bond acceptors (Lipinski definition) is 3. The molecular weight excluding hydrogens is 314 g/mol. The lowest BCUT2D eigenvalue weighted by atomic mass is 10.0. The Morgan fingerprint density at radius 2 is 1.87 bits per heavy atom. The predicted molar refractivity (Wildman–Crippen MR) is 92.8 cm³/mol. The third kappa shape index (κ3) is 5.68. The van der Waals surface area contributed by atoms with Crippen LogP contribution in [0.2, 0.25) is 5.02 Å². The van der Waals surface area contributed by atoms with E-state index in [-0.39, 0.29) is 12.1 Å². The van der Waals surface area contributed by atoms with Gasteiger partial charge in [-0.3, -0.25) is 4.90 Å². The van der Waals surface area contributed by atoms with Crippen molar-refractivity contribution in [2.24, 2.45) is 5.92 Å². The van der Waals surface area contributed by atoms with Gasteiger partial charge in [0, 0.05) is 31.2 Å². The number of urea groups is 1. The fraction of sp³-hybridized carbons (Fsp3) is 0.588. The molecule has 1 saturated heterocycles. The molecule has 1 heterocycles. The van der Waals surface area contributed by atoms with Gasteiger partial charge in [0.1, 0.15) is 0 Å². The molecule has 1 unspecified atom stereocenters. The number of benzene rings is 1. The minimum Gasteiger partial charge on any atom is -0.379 e. The van der Waals surface area contributed by atoms with Crippen molar-refractivity contribution in [3.05, 3.63) is 34.9 Å². The summed E-state index contributed by atoms with van der Waals surface area (Å²) < 4.78 is 5.43. The number of carbonyl (C=O) groups excluding carboxylic acids is 1. The second-order valence-corrected chi connectivity index (χ2v) is 6.58. The molecule has 2 amide bonds. The van der Waals surface area contributed by atoms with Gasteiger partial charge in [-0.15, -0.1) is 0 Å². The Balaban J connectivity index is 2.02. The maximum atomic E-state index is 12.0. The van der Waals surface area contributed by atoms with Crippen LogP contribution < -0.4 is 10.6 Å². The highest BCUT2D eigenvalue weighted by atomic mass is 35.5. The number of rotatable bonds is 6. The largest absolute Gasteiger partial charge is 0.379 e. The lowest BCUT2D eigenvalue weighted by Gasteiger charge is -2.35. The van der Waals surface area contributed by atoms with Gasteiger partial charge in [-0.1, -0.05) is 43.6 Å². The molecule has 5 nitrogen and oxygen atoms in total. The van der Waals surface area contributed by atoms with Crippen LogP contribution in [0.3, 0.4) is 0 Å². The smallest absolute Gasteiger partial charge is 0.314 e. The molecule has 23 heavy (non-hydrogen) atoms. The third-order valence-electron chi connectivity index (χ3n) is 3.88. The lowest BCUT2D eigenvalue weighted by Crippen LogP contribution is -2.46. The highest BCUT2D eigenvalue weighted by molar-refractivity contribution is 6.31. The number of morpholine rings is 1. The molecule has 2 N–H and O–H groups in total. The minimum atomic E-state index is -0.135. The Bertz CT molecular complexity index is 504. The van der Waals surface area contributed by atoms with Gasteiger partial charge in [-0.05, 0) is 17.5 Å². The van der Waals surface area contributed by atoms with Crippen LogP contribution >= 0.6 is 11.6 Å². The molecule has 1 fully saturated rings. The third-order valence-corrected chi connectivity index (χ3v) is 4.22. The van der Waals surface area contributed by atoms with Gasteiger partial charge in [0.25, 0.3) is 0 Å². The van der Waals surface area contributed by atoms with Crippen molar-refractivity contribution < 1.29 is 9.53 Å². The zero-order chi connectivity index (χ0) is 16.7. The molecule has 1 aromatic rings. The van der Waals surface area contributed by atoms with Gasteiger partial charge in [-0.25, -0.2) is 4.79 Å². The van der Waals surface area contributed by atoms with Crippen LogP contribution in [0.1, 0.15) is 25.5 Å². The Morgan fingerprint density at radius 1 is 1.22 bits per heavy atom. The number of nitrogens with one attached hydrogen (secondary N) is 2. The molecule has 0 spiro atoms. The van der Waals surface area contributed by atoms with Crippen LogP contribution in [0.5, 0.6) is 0 Å². The molecular formula is C17H26ClN3O2. The molecule has 0 saturated carbocycles. The Morgan fingerprint density at radius 3 is 2.52 bits per heavy atom. The van der Waals surface area contributed by atoms with E-state index in [1.54, 1.807) is 0 Å². The molecule has 128 valence electrons. The molecule has 1 atom stereocenters. The monoisotopic (exact) mass is 339 g/mol. The highest BCUT2D eigenvalue weighted by Crippen LogP contribution is 2.27. The number of carbonyl (C=O) groups is 1. The van der Waals surface area contributed by atoms with E-state index in [0.717, 1.165) is 23.7 Å². The van der Waals surface area contributed by atoms with Crippen LogP contribution in [-0.4, -0.2) is 50.3 Å². The van der Waals surface area contributed by atoms with E-state index in [1.807, 2.05) is 24.3 Å². The zero-order valence-electron chi connectivity index (χ0n) is 13.8. The van der Waals surface area contributed by atoms with E-state index in [0.29, 0.717) is 32.2 Å². The number of hydrogen-bond donors (Lipinski definition) is 2. The topological polar surface area (TPSA) is 53.6 Å². The van der Waals surface area contributed by atoms with Gasteiger partial charge in [0.15, 0.2) is 0 Å². The summed E-state index contributed by atoms with van der Waals surface area (Å²) >= 11 is 6.37. The van der Waals surface area contributed by atoms with E-state index in [4.69, 9.17) is 16.3 Å². The molecule has 0 bridgehead atoms. The first kappa shape index (κ1) is 18.0. The zero-order valence-corrected chi connectivity index (χ0v) is 14.6. The van der Waals surface area contributed by atoms with Gasteiger partial charge in [0.05, 0.1) is 19.3 Å². The first-order valence-electron chi connectivity index (χ1n) is 8.16. The van der Waals surface area contributed by atoms with Crippen molar-refractivity contribution in [3.63, 3.8) is 0 Å². The number of nitrogens with zero attached hydrogens (tertiary/aromatic N) is 1. The van der Waals surface area contributed by atoms with Crippen molar-refractivity contribution in [1.29, 1.82) is 0 Å². The molecule has 0 aromatic heterocycles. The SMILES string of the molecule is CC(C)CNC(=O)NCC(c1ccccc1Cl)N1CCOCC1. The van der Waals surface area contributed by atoms with Gasteiger partial charge in [0.2, 0.25) is 0 Å². The van der Waals surface area contributed by atoms with Gasteiger partial charge >= 0.3 is 6.03 Å². The average molecular weight is 340 g/mol. The van der Waals surface area contributed by atoms with Crippen LogP contribution in [0.15, 0.2) is 24.3 Å². The van der Waals surface area contributed by atoms with E-state index >= 15 is 0 Å². The van der Waals surface area contributed by atoms with Crippen molar-refractivity contribution in [1.82, 2.24) is 15.5 Å². The molecule has 1 aliphatic rings. The van der Waals surface area contributed by atoms with Crippen molar-refractivity contribution in [2.45, 2.75) is 19.9 Å². The summed E-state index contributed by atoms with van der Waals surface area (Å²) in [6.45, 7) is 8.42. The molecule has 0 aliphatic carbocycles. The van der Waals surface area contributed by atoms with Gasteiger partial charge in [-0.2, -0.15) is 0 Å². The lowest BCUT2D eigenvalue weighted by molar-refractivity contribution is 0.0167. The number of amides is 2. The Kier molecular flexibility index (Phi) is 7.15. The summed E-state index contributed by atoms with van der Waals surface area (Å²) in [4.78, 5) is 14.3. The van der Waals surface area contributed by atoms with Crippen LogP contribution in [0.4, 0.5) is 4.79 Å². The molecule has 2 rings (SSSR count). The minimum absolute atomic E-state index is 0.0531. The van der Waals surface area contributed by atoms with Crippen molar-refractivity contribution >= 4 is 17.6 Å². The fourth-order valence-electron chi connectivity index (χ4n) is 2.62. The summed E-state index contributed by atoms with van der Waals surface area (Å²) in [5.41, 5.74) is 1.04. The van der Waals surface area contributed by atoms with Crippen LogP contribution in [0.25, 0.3) is 0 Å². The first-order valence-corrected chi connectivity index (χ1v) is 8.53.